The number of H-pyrrole nitrogens is 1. The lowest BCUT2D eigenvalue weighted by Gasteiger charge is -2.19. The molecule has 1 aliphatic carbocycles. The lowest BCUT2D eigenvalue weighted by molar-refractivity contribution is 0.0917. The highest BCUT2D eigenvalue weighted by Crippen LogP contribution is 2.39. The van der Waals surface area contributed by atoms with Crippen molar-refractivity contribution in [2.24, 2.45) is 13.0 Å². The molecular weight excluding hydrogens is 296 g/mol. The summed E-state index contributed by atoms with van der Waals surface area (Å²) in [6, 6.07) is 1.55. The van der Waals surface area contributed by atoms with Crippen LogP contribution in [0, 0.1) is 5.92 Å². The van der Waals surface area contributed by atoms with E-state index in [-0.39, 0.29) is 30.0 Å². The van der Waals surface area contributed by atoms with E-state index in [9.17, 15) is 14.7 Å². The maximum absolute atomic E-state index is 12.7. The van der Waals surface area contributed by atoms with Gasteiger partial charge < -0.3 is 10.4 Å². The van der Waals surface area contributed by atoms with E-state index in [0.29, 0.717) is 22.5 Å². The number of rotatable bonds is 5. The molecule has 0 aliphatic heterocycles. The number of aromatic nitrogens is 3. The molecule has 1 fully saturated rings. The van der Waals surface area contributed by atoms with Gasteiger partial charge in [0.2, 0.25) is 0 Å². The van der Waals surface area contributed by atoms with Crippen LogP contribution in [0.3, 0.4) is 0 Å². The van der Waals surface area contributed by atoms with E-state index in [2.05, 4.69) is 15.4 Å². The van der Waals surface area contributed by atoms with E-state index in [1.807, 2.05) is 13.8 Å². The molecule has 2 heterocycles. The number of nitrogens with one attached hydrogen (secondary N) is 2. The van der Waals surface area contributed by atoms with E-state index < -0.39 is 0 Å². The summed E-state index contributed by atoms with van der Waals surface area (Å²) < 4.78 is 1.56. The first-order valence-electron chi connectivity index (χ1n) is 7.93. The van der Waals surface area contributed by atoms with Crippen LogP contribution in [0.15, 0.2) is 10.9 Å². The molecule has 1 amide bonds. The number of amides is 1. The molecule has 3 N–H and O–H groups in total. The van der Waals surface area contributed by atoms with Gasteiger partial charge in [-0.15, -0.1) is 0 Å². The van der Waals surface area contributed by atoms with Crippen LogP contribution in [0.25, 0.3) is 11.0 Å². The van der Waals surface area contributed by atoms with Crippen LogP contribution >= 0.6 is 0 Å². The highest BCUT2D eigenvalue weighted by molar-refractivity contribution is 6.05. The average molecular weight is 318 g/mol. The zero-order valence-corrected chi connectivity index (χ0v) is 13.6. The monoisotopic (exact) mass is 318 g/mol. The second-order valence-corrected chi connectivity index (χ2v) is 6.49. The minimum absolute atomic E-state index is 0.00749. The van der Waals surface area contributed by atoms with Gasteiger partial charge in [0.25, 0.3) is 11.5 Å². The number of pyridine rings is 1. The van der Waals surface area contributed by atoms with Gasteiger partial charge in [0, 0.05) is 31.3 Å². The third kappa shape index (κ3) is 2.88. The number of hydrogen-bond acceptors (Lipinski definition) is 4. The van der Waals surface area contributed by atoms with Crippen molar-refractivity contribution < 1.29 is 9.90 Å². The fourth-order valence-corrected chi connectivity index (χ4v) is 2.63. The molecule has 2 aromatic heterocycles. The van der Waals surface area contributed by atoms with Crippen molar-refractivity contribution in [1.29, 1.82) is 0 Å². The highest BCUT2D eigenvalue weighted by Gasteiger charge is 2.29. The number of nitrogens with zero attached hydrogens (tertiary/aromatic N) is 2. The molecule has 1 saturated carbocycles. The van der Waals surface area contributed by atoms with Crippen LogP contribution in [0.2, 0.25) is 0 Å². The fraction of sp³-hybridized carbons (Fsp3) is 0.562. The molecule has 7 nitrogen and oxygen atoms in total. The van der Waals surface area contributed by atoms with Gasteiger partial charge in [-0.25, -0.2) is 4.98 Å². The second-order valence-electron chi connectivity index (χ2n) is 6.49. The lowest BCUT2D eigenvalue weighted by atomic mass is 10.0. The Labute approximate surface area is 133 Å². The maximum Gasteiger partial charge on any atom is 0.274 e. The molecule has 1 aliphatic rings. The Morgan fingerprint density at radius 2 is 2.22 bits per heavy atom. The molecule has 0 saturated heterocycles. The number of aromatic amines is 1. The fourth-order valence-electron chi connectivity index (χ4n) is 2.63. The lowest BCUT2D eigenvalue weighted by Crippen LogP contribution is -2.38. The first-order chi connectivity index (χ1) is 10.9. The largest absolute Gasteiger partial charge is 0.396 e. The molecule has 0 spiro atoms. The van der Waals surface area contributed by atoms with Gasteiger partial charge in [0.05, 0.1) is 10.9 Å². The van der Waals surface area contributed by atoms with Crippen molar-refractivity contribution in [3.8, 4) is 0 Å². The van der Waals surface area contributed by atoms with Gasteiger partial charge in [-0.2, -0.15) is 0 Å². The smallest absolute Gasteiger partial charge is 0.274 e. The molecule has 2 atom stereocenters. The summed E-state index contributed by atoms with van der Waals surface area (Å²) in [6.07, 6.45) is 2.13. The number of carbonyl (C=O) groups excluding carboxylic acids is 1. The normalized spacial score (nSPS) is 17.2. The number of aliphatic hydroxyl groups is 1. The van der Waals surface area contributed by atoms with E-state index in [4.69, 9.17) is 0 Å². The van der Waals surface area contributed by atoms with E-state index >= 15 is 0 Å². The Morgan fingerprint density at radius 1 is 1.52 bits per heavy atom. The summed E-state index contributed by atoms with van der Waals surface area (Å²) in [5, 5.41) is 15.1. The highest BCUT2D eigenvalue weighted by atomic mass is 16.3. The van der Waals surface area contributed by atoms with Gasteiger partial charge in [0.15, 0.2) is 5.65 Å². The summed E-state index contributed by atoms with van der Waals surface area (Å²) >= 11 is 0. The first-order valence-corrected chi connectivity index (χ1v) is 7.93. The SMILES string of the molecule is CC(CO)C(C)NC(=O)c1cc(C2CC2)nc2c1c(=O)[nH]n2C. The van der Waals surface area contributed by atoms with Crippen molar-refractivity contribution in [3.63, 3.8) is 0 Å². The summed E-state index contributed by atoms with van der Waals surface area (Å²) in [6.45, 7) is 3.69. The van der Waals surface area contributed by atoms with Gasteiger partial charge >= 0.3 is 0 Å². The van der Waals surface area contributed by atoms with Crippen LogP contribution in [-0.4, -0.2) is 38.4 Å². The van der Waals surface area contributed by atoms with Gasteiger partial charge in [-0.05, 0) is 31.7 Å². The molecule has 2 unspecified atom stereocenters. The standard InChI is InChI=1S/C16H22N4O3/c1-8(7-21)9(2)17-15(22)11-6-12(10-4-5-10)18-14-13(11)16(23)19-20(14)3/h6,8-10,21H,4-5,7H2,1-3H3,(H,17,22)(H,19,23). The molecule has 124 valence electrons. The predicted octanol–water partition coefficient (Wildman–Crippen LogP) is 0.886. The van der Waals surface area contributed by atoms with Crippen molar-refractivity contribution >= 4 is 16.9 Å². The van der Waals surface area contributed by atoms with Crippen molar-refractivity contribution in [3.05, 3.63) is 27.7 Å². The summed E-state index contributed by atoms with van der Waals surface area (Å²) in [5.41, 5.74) is 1.41. The Balaban J connectivity index is 2.04. The molecule has 7 heteroatoms. The maximum atomic E-state index is 12.7. The summed E-state index contributed by atoms with van der Waals surface area (Å²) in [4.78, 5) is 29.4. The van der Waals surface area contributed by atoms with Gasteiger partial charge in [0.1, 0.15) is 0 Å². The zero-order chi connectivity index (χ0) is 16.7. The third-order valence-corrected chi connectivity index (χ3v) is 4.57. The van der Waals surface area contributed by atoms with Crippen LogP contribution < -0.4 is 10.9 Å². The molecule has 2 aromatic rings. The minimum atomic E-state index is -0.314. The van der Waals surface area contributed by atoms with Crippen LogP contribution in [0.4, 0.5) is 0 Å². The topological polar surface area (TPSA) is 100 Å². The number of fused-ring (bicyclic) bond motifs is 1. The second kappa shape index (κ2) is 5.81. The van der Waals surface area contributed by atoms with Crippen LogP contribution in [0.1, 0.15) is 48.7 Å². The van der Waals surface area contributed by atoms with Crippen molar-refractivity contribution in [2.75, 3.05) is 6.61 Å². The number of aliphatic hydroxyl groups excluding tert-OH is 1. The van der Waals surface area contributed by atoms with Crippen LogP contribution in [0.5, 0.6) is 0 Å². The average Bonchev–Trinajstić information content (AvgIpc) is 3.33. The molecular formula is C16H22N4O3. The Kier molecular flexibility index (Phi) is 3.97. The Morgan fingerprint density at radius 3 is 2.83 bits per heavy atom. The van der Waals surface area contributed by atoms with E-state index in [0.717, 1.165) is 18.5 Å². The van der Waals surface area contributed by atoms with Gasteiger partial charge in [-0.1, -0.05) is 6.92 Å². The third-order valence-electron chi connectivity index (χ3n) is 4.57. The molecule has 0 radical (unpaired) electrons. The minimum Gasteiger partial charge on any atom is -0.396 e. The quantitative estimate of drug-likeness (QED) is 0.762. The van der Waals surface area contributed by atoms with E-state index in [1.54, 1.807) is 17.8 Å². The van der Waals surface area contributed by atoms with Crippen molar-refractivity contribution in [1.82, 2.24) is 20.1 Å². The van der Waals surface area contributed by atoms with Crippen molar-refractivity contribution in [2.45, 2.75) is 38.6 Å². The van der Waals surface area contributed by atoms with Crippen LogP contribution in [-0.2, 0) is 7.05 Å². The number of carbonyl (C=O) groups is 1. The molecule has 0 aromatic carbocycles. The molecule has 23 heavy (non-hydrogen) atoms. The molecule has 0 bridgehead atoms. The zero-order valence-electron chi connectivity index (χ0n) is 13.6. The van der Waals surface area contributed by atoms with E-state index in [1.165, 1.54) is 0 Å². The number of hydrogen-bond donors (Lipinski definition) is 3. The Hall–Kier alpha value is -2.15. The Bertz CT molecular complexity index is 803. The first kappa shape index (κ1) is 15.7. The molecule has 3 rings (SSSR count). The number of aryl methyl sites for hydroxylation is 1. The summed E-state index contributed by atoms with van der Waals surface area (Å²) in [5.74, 6) is 0.0155. The summed E-state index contributed by atoms with van der Waals surface area (Å²) in [7, 11) is 1.71. The predicted molar refractivity (Wildman–Crippen MR) is 86.5 cm³/mol. The van der Waals surface area contributed by atoms with Gasteiger partial charge in [-0.3, -0.25) is 19.4 Å².